The van der Waals surface area contributed by atoms with Gasteiger partial charge in [-0.05, 0) is 66.1 Å². The molecule has 28 heavy (non-hydrogen) atoms. The smallest absolute Gasteiger partial charge is 0.264 e. The molecular formula is C22H24N2O3S. The second-order valence-corrected chi connectivity index (χ2v) is 7.96. The zero-order chi connectivity index (χ0) is 20.1. The summed E-state index contributed by atoms with van der Waals surface area (Å²) in [5, 5.41) is 3.35. The molecular weight excluding hydrogens is 372 g/mol. The van der Waals surface area contributed by atoms with E-state index >= 15 is 0 Å². The van der Waals surface area contributed by atoms with Crippen LogP contribution in [-0.2, 0) is 4.79 Å². The summed E-state index contributed by atoms with van der Waals surface area (Å²) in [5.41, 5.74) is 2.70. The van der Waals surface area contributed by atoms with Gasteiger partial charge in [-0.2, -0.15) is 0 Å². The summed E-state index contributed by atoms with van der Waals surface area (Å²) in [6.45, 7) is 6.89. The Kier molecular flexibility index (Phi) is 6.41. The summed E-state index contributed by atoms with van der Waals surface area (Å²) in [6.07, 6.45) is 1.85. The summed E-state index contributed by atoms with van der Waals surface area (Å²) in [4.78, 5) is 17.5. The first kappa shape index (κ1) is 20.0. The van der Waals surface area contributed by atoms with Crippen molar-refractivity contribution in [1.82, 2.24) is 5.32 Å². The van der Waals surface area contributed by atoms with Crippen molar-refractivity contribution in [1.29, 1.82) is 0 Å². The summed E-state index contributed by atoms with van der Waals surface area (Å²) in [6, 6.07) is 13.5. The molecule has 1 heterocycles. The van der Waals surface area contributed by atoms with Gasteiger partial charge < -0.3 is 14.8 Å². The molecule has 0 spiro atoms. The van der Waals surface area contributed by atoms with Gasteiger partial charge in [0.2, 0.25) is 0 Å². The number of aryl methyl sites for hydroxylation is 1. The number of nitrogens with one attached hydrogen (secondary N) is 1. The number of nitrogens with zero attached hydrogens (tertiary/aromatic N) is 1. The molecule has 1 N–H and O–H groups in total. The Labute approximate surface area is 169 Å². The first-order chi connectivity index (χ1) is 13.4. The number of amides is 1. The molecule has 1 saturated heterocycles. The molecule has 2 aromatic rings. The summed E-state index contributed by atoms with van der Waals surface area (Å²) in [7, 11) is 1.61. The number of benzene rings is 2. The normalized spacial score (nSPS) is 16.7. The lowest BCUT2D eigenvalue weighted by molar-refractivity contribution is -0.115. The largest absolute Gasteiger partial charge is 0.494 e. The maximum Gasteiger partial charge on any atom is 0.264 e. The number of carbonyl (C=O) groups is 1. The SMILES string of the molecule is COc1ccc(C)cc1N=C1NC(=O)/C(=C/c2ccc(OCC(C)C)cc2)S1. The van der Waals surface area contributed by atoms with Crippen LogP contribution >= 0.6 is 11.8 Å². The minimum Gasteiger partial charge on any atom is -0.494 e. The van der Waals surface area contributed by atoms with E-state index in [2.05, 4.69) is 24.2 Å². The highest BCUT2D eigenvalue weighted by atomic mass is 32.2. The van der Waals surface area contributed by atoms with Crippen molar-refractivity contribution in [3.63, 3.8) is 0 Å². The quantitative estimate of drug-likeness (QED) is 0.704. The maximum absolute atomic E-state index is 12.3. The third-order valence-corrected chi connectivity index (χ3v) is 4.88. The van der Waals surface area contributed by atoms with Crippen LogP contribution in [0.1, 0.15) is 25.0 Å². The molecule has 6 heteroatoms. The summed E-state index contributed by atoms with van der Waals surface area (Å²) in [5.74, 6) is 1.82. The molecule has 0 unspecified atom stereocenters. The van der Waals surface area contributed by atoms with Gasteiger partial charge in [-0.25, -0.2) is 4.99 Å². The molecule has 5 nitrogen and oxygen atoms in total. The van der Waals surface area contributed by atoms with E-state index in [0.29, 0.717) is 34.0 Å². The van der Waals surface area contributed by atoms with Crippen molar-refractivity contribution in [3.05, 3.63) is 58.5 Å². The predicted octanol–water partition coefficient (Wildman–Crippen LogP) is 4.93. The number of rotatable bonds is 6. The molecule has 1 aliphatic rings. The molecule has 0 saturated carbocycles. The standard InChI is InChI=1S/C22H24N2O3S/c1-14(2)13-27-17-8-6-16(7-9-17)12-20-21(25)24-22(28-20)23-18-11-15(3)5-10-19(18)26-4/h5-12,14H,13H2,1-4H3,(H,23,24,25)/b20-12-. The van der Waals surface area contributed by atoms with Crippen LogP contribution in [0.4, 0.5) is 5.69 Å². The number of methoxy groups -OCH3 is 1. The number of amidine groups is 1. The predicted molar refractivity (Wildman–Crippen MR) is 115 cm³/mol. The Morgan fingerprint density at radius 1 is 1.18 bits per heavy atom. The third-order valence-electron chi connectivity index (χ3n) is 3.97. The topological polar surface area (TPSA) is 59.9 Å². The summed E-state index contributed by atoms with van der Waals surface area (Å²) >= 11 is 1.32. The van der Waals surface area contributed by atoms with E-state index in [1.54, 1.807) is 7.11 Å². The zero-order valence-corrected chi connectivity index (χ0v) is 17.3. The highest BCUT2D eigenvalue weighted by Gasteiger charge is 2.24. The Hall–Kier alpha value is -2.73. The van der Waals surface area contributed by atoms with E-state index in [-0.39, 0.29) is 5.91 Å². The lowest BCUT2D eigenvalue weighted by atomic mass is 10.2. The van der Waals surface area contributed by atoms with Crippen molar-refractivity contribution >= 4 is 34.6 Å². The van der Waals surface area contributed by atoms with Gasteiger partial charge in [-0.3, -0.25) is 4.79 Å². The molecule has 3 rings (SSSR count). The number of ether oxygens (including phenoxy) is 2. The van der Waals surface area contributed by atoms with E-state index in [1.165, 1.54) is 11.8 Å². The van der Waals surface area contributed by atoms with E-state index in [1.807, 2.05) is 55.5 Å². The van der Waals surface area contributed by atoms with Crippen LogP contribution in [0.25, 0.3) is 6.08 Å². The highest BCUT2D eigenvalue weighted by Crippen LogP contribution is 2.33. The van der Waals surface area contributed by atoms with Gasteiger partial charge in [0.15, 0.2) is 5.17 Å². The molecule has 0 aromatic heterocycles. The first-order valence-electron chi connectivity index (χ1n) is 9.11. The fraction of sp³-hybridized carbons (Fsp3) is 0.273. The molecule has 0 atom stereocenters. The zero-order valence-electron chi connectivity index (χ0n) is 16.5. The maximum atomic E-state index is 12.3. The highest BCUT2D eigenvalue weighted by molar-refractivity contribution is 8.18. The molecule has 1 fully saturated rings. The van der Waals surface area contributed by atoms with Crippen LogP contribution in [0.5, 0.6) is 11.5 Å². The molecule has 1 amide bonds. The van der Waals surface area contributed by atoms with Gasteiger partial charge in [0.05, 0.1) is 18.6 Å². The number of thioether (sulfide) groups is 1. The number of hydrogen-bond donors (Lipinski definition) is 1. The van der Waals surface area contributed by atoms with Gasteiger partial charge in [0.1, 0.15) is 17.2 Å². The molecule has 0 bridgehead atoms. The third kappa shape index (κ3) is 5.16. The lowest BCUT2D eigenvalue weighted by Gasteiger charge is -2.08. The minimum absolute atomic E-state index is 0.157. The van der Waals surface area contributed by atoms with Crippen molar-refractivity contribution in [2.75, 3.05) is 13.7 Å². The van der Waals surface area contributed by atoms with Crippen molar-refractivity contribution in [2.45, 2.75) is 20.8 Å². The Balaban J connectivity index is 1.75. The molecule has 146 valence electrons. The van der Waals surface area contributed by atoms with Crippen molar-refractivity contribution in [3.8, 4) is 11.5 Å². The summed E-state index contributed by atoms with van der Waals surface area (Å²) < 4.78 is 11.0. The number of carbonyl (C=O) groups excluding carboxylic acids is 1. The number of hydrogen-bond acceptors (Lipinski definition) is 5. The lowest BCUT2D eigenvalue weighted by Crippen LogP contribution is -2.19. The van der Waals surface area contributed by atoms with Crippen LogP contribution in [0.15, 0.2) is 52.4 Å². The van der Waals surface area contributed by atoms with Crippen LogP contribution in [0, 0.1) is 12.8 Å². The van der Waals surface area contributed by atoms with E-state index in [0.717, 1.165) is 16.9 Å². The number of aliphatic imine (C=N–C) groups is 1. The molecule has 0 radical (unpaired) electrons. The monoisotopic (exact) mass is 396 g/mol. The van der Waals surface area contributed by atoms with Gasteiger partial charge >= 0.3 is 0 Å². The van der Waals surface area contributed by atoms with Crippen LogP contribution < -0.4 is 14.8 Å². The minimum atomic E-state index is -0.157. The van der Waals surface area contributed by atoms with Crippen molar-refractivity contribution in [2.24, 2.45) is 10.9 Å². The Morgan fingerprint density at radius 3 is 2.61 bits per heavy atom. The first-order valence-corrected chi connectivity index (χ1v) is 9.93. The van der Waals surface area contributed by atoms with Gasteiger partial charge in [0.25, 0.3) is 5.91 Å². The Morgan fingerprint density at radius 2 is 1.93 bits per heavy atom. The molecule has 0 aliphatic carbocycles. The molecule has 2 aromatic carbocycles. The van der Waals surface area contributed by atoms with E-state index < -0.39 is 0 Å². The second-order valence-electron chi connectivity index (χ2n) is 6.93. The second kappa shape index (κ2) is 8.97. The fourth-order valence-electron chi connectivity index (χ4n) is 2.55. The van der Waals surface area contributed by atoms with Crippen LogP contribution in [0.3, 0.4) is 0 Å². The van der Waals surface area contributed by atoms with Crippen molar-refractivity contribution < 1.29 is 14.3 Å². The van der Waals surface area contributed by atoms with Crippen LogP contribution in [-0.4, -0.2) is 24.8 Å². The Bertz CT molecular complexity index is 918. The van der Waals surface area contributed by atoms with Gasteiger partial charge in [0, 0.05) is 0 Å². The molecule has 1 aliphatic heterocycles. The van der Waals surface area contributed by atoms with E-state index in [9.17, 15) is 4.79 Å². The van der Waals surface area contributed by atoms with E-state index in [4.69, 9.17) is 9.47 Å². The van der Waals surface area contributed by atoms with Gasteiger partial charge in [-0.1, -0.05) is 32.0 Å². The van der Waals surface area contributed by atoms with Gasteiger partial charge in [-0.15, -0.1) is 0 Å². The van der Waals surface area contributed by atoms with Crippen LogP contribution in [0.2, 0.25) is 0 Å². The average molecular weight is 397 g/mol. The average Bonchev–Trinajstić information content (AvgIpc) is 3.00. The fourth-order valence-corrected chi connectivity index (χ4v) is 3.39.